The van der Waals surface area contributed by atoms with Crippen LogP contribution in [0.2, 0.25) is 4.34 Å². The lowest BCUT2D eigenvalue weighted by Gasteiger charge is -2.33. The first-order valence-electron chi connectivity index (χ1n) is 6.85. The van der Waals surface area contributed by atoms with Crippen molar-refractivity contribution in [2.45, 2.75) is 19.4 Å². The van der Waals surface area contributed by atoms with Crippen LogP contribution >= 0.6 is 22.9 Å². The summed E-state index contributed by atoms with van der Waals surface area (Å²) < 4.78 is 0.784. The highest BCUT2D eigenvalue weighted by Crippen LogP contribution is 2.40. The molecule has 0 saturated carbocycles. The van der Waals surface area contributed by atoms with E-state index in [0.717, 1.165) is 4.34 Å². The van der Waals surface area contributed by atoms with E-state index < -0.39 is 0 Å². The minimum atomic E-state index is -0.0243. The average Bonchev–Trinajstić information content (AvgIpc) is 2.86. The number of aryl methyl sites for hydroxylation is 1. The molecule has 0 bridgehead atoms. The van der Waals surface area contributed by atoms with Gasteiger partial charge in [-0.15, -0.1) is 11.3 Å². The van der Waals surface area contributed by atoms with Gasteiger partial charge in [-0.05, 0) is 35.8 Å². The summed E-state index contributed by atoms with van der Waals surface area (Å²) in [6, 6.07) is 10.4. The van der Waals surface area contributed by atoms with Gasteiger partial charge in [0.1, 0.15) is 0 Å². The molecular weight excluding hydrogens is 302 g/mol. The fourth-order valence-electron chi connectivity index (χ4n) is 2.92. The molecule has 4 heteroatoms. The number of fused-ring (bicyclic) bond motifs is 1. The molecule has 1 aliphatic heterocycles. The van der Waals surface area contributed by atoms with Crippen molar-refractivity contribution in [1.82, 2.24) is 4.90 Å². The highest BCUT2D eigenvalue weighted by atomic mass is 35.5. The van der Waals surface area contributed by atoms with Crippen LogP contribution in [0.15, 0.2) is 43.0 Å². The summed E-state index contributed by atoms with van der Waals surface area (Å²) in [7, 11) is 0. The van der Waals surface area contributed by atoms with Crippen LogP contribution < -0.4 is 0 Å². The van der Waals surface area contributed by atoms with Gasteiger partial charge in [-0.25, -0.2) is 0 Å². The van der Waals surface area contributed by atoms with Gasteiger partial charge < -0.3 is 4.90 Å². The average molecular weight is 318 g/mol. The van der Waals surface area contributed by atoms with Gasteiger partial charge in [0.2, 0.25) is 5.91 Å². The lowest BCUT2D eigenvalue weighted by atomic mass is 9.86. The monoisotopic (exact) mass is 317 g/mol. The standard InChI is InChI=1S/C17H16ClNOS/c1-3-17(20)19-9-14(12-7-5-4-6-11(12)2)13-8-16(18)21-15(13)10-19/h3-8,14H,1,9-10H2,2H3/t14-/m1/s1. The zero-order valence-electron chi connectivity index (χ0n) is 11.8. The van der Waals surface area contributed by atoms with Crippen LogP contribution in [0, 0.1) is 6.92 Å². The Labute approximate surface area is 133 Å². The Morgan fingerprint density at radius 1 is 1.43 bits per heavy atom. The van der Waals surface area contributed by atoms with Crippen LogP contribution in [-0.2, 0) is 11.3 Å². The second-order valence-electron chi connectivity index (χ2n) is 5.26. The van der Waals surface area contributed by atoms with E-state index >= 15 is 0 Å². The summed E-state index contributed by atoms with van der Waals surface area (Å²) >= 11 is 7.76. The summed E-state index contributed by atoms with van der Waals surface area (Å²) in [4.78, 5) is 15.0. The second kappa shape index (κ2) is 5.66. The number of nitrogens with zero attached hydrogens (tertiary/aromatic N) is 1. The van der Waals surface area contributed by atoms with Crippen LogP contribution in [-0.4, -0.2) is 17.4 Å². The molecule has 0 fully saturated rings. The number of carbonyl (C=O) groups excluding carboxylic acids is 1. The maximum absolute atomic E-state index is 12.0. The zero-order chi connectivity index (χ0) is 15.0. The molecule has 1 aliphatic rings. The van der Waals surface area contributed by atoms with E-state index in [0.29, 0.717) is 13.1 Å². The topological polar surface area (TPSA) is 20.3 Å². The highest BCUT2D eigenvalue weighted by molar-refractivity contribution is 7.16. The van der Waals surface area contributed by atoms with E-state index in [9.17, 15) is 4.79 Å². The molecule has 2 aromatic rings. The van der Waals surface area contributed by atoms with Crippen molar-refractivity contribution in [3.05, 3.63) is 68.9 Å². The molecule has 2 nitrogen and oxygen atoms in total. The van der Waals surface area contributed by atoms with Gasteiger partial charge in [0.05, 0.1) is 10.9 Å². The van der Waals surface area contributed by atoms with Gasteiger partial charge in [-0.1, -0.05) is 42.4 Å². The SMILES string of the molecule is C=CC(=O)N1Cc2sc(Cl)cc2[C@@H](c2ccccc2C)C1. The third-order valence-corrected chi connectivity index (χ3v) is 5.24. The Morgan fingerprint density at radius 2 is 2.19 bits per heavy atom. The maximum atomic E-state index is 12.0. The fourth-order valence-corrected chi connectivity index (χ4v) is 4.28. The lowest BCUT2D eigenvalue weighted by molar-refractivity contribution is -0.127. The van der Waals surface area contributed by atoms with Crippen LogP contribution in [0.1, 0.15) is 27.5 Å². The number of hydrogen-bond donors (Lipinski definition) is 0. The molecule has 0 unspecified atom stereocenters. The molecule has 2 heterocycles. The van der Waals surface area contributed by atoms with Crippen molar-refractivity contribution in [2.75, 3.05) is 6.54 Å². The van der Waals surface area contributed by atoms with Crippen molar-refractivity contribution in [1.29, 1.82) is 0 Å². The molecule has 1 aromatic heterocycles. The molecule has 21 heavy (non-hydrogen) atoms. The number of amides is 1. The van der Waals surface area contributed by atoms with Crippen molar-refractivity contribution in [3.63, 3.8) is 0 Å². The highest BCUT2D eigenvalue weighted by Gasteiger charge is 2.30. The van der Waals surface area contributed by atoms with Crippen molar-refractivity contribution in [2.24, 2.45) is 0 Å². The predicted octanol–water partition coefficient (Wildman–Crippen LogP) is 4.37. The second-order valence-corrected chi connectivity index (χ2v) is 7.03. The van der Waals surface area contributed by atoms with Gasteiger partial charge in [-0.3, -0.25) is 4.79 Å². The molecule has 0 saturated heterocycles. The number of thiophene rings is 1. The van der Waals surface area contributed by atoms with Crippen molar-refractivity contribution >= 4 is 28.8 Å². The number of halogens is 1. The van der Waals surface area contributed by atoms with E-state index in [2.05, 4.69) is 25.6 Å². The predicted molar refractivity (Wildman–Crippen MR) is 88.0 cm³/mol. The first kappa shape index (κ1) is 14.4. The van der Waals surface area contributed by atoms with Crippen molar-refractivity contribution in [3.8, 4) is 0 Å². The molecule has 3 rings (SSSR count). The van der Waals surface area contributed by atoms with Crippen LogP contribution in [0.25, 0.3) is 0 Å². The molecule has 1 amide bonds. The zero-order valence-corrected chi connectivity index (χ0v) is 13.4. The van der Waals surface area contributed by atoms with E-state index in [-0.39, 0.29) is 11.8 Å². The first-order chi connectivity index (χ1) is 10.1. The Kier molecular flexibility index (Phi) is 3.87. The molecule has 1 aromatic carbocycles. The molecule has 1 atom stereocenters. The van der Waals surface area contributed by atoms with E-state index in [4.69, 9.17) is 11.6 Å². The third-order valence-electron chi connectivity index (χ3n) is 3.97. The van der Waals surface area contributed by atoms with Gasteiger partial charge >= 0.3 is 0 Å². The van der Waals surface area contributed by atoms with Gasteiger partial charge in [0.15, 0.2) is 0 Å². The van der Waals surface area contributed by atoms with E-state index in [1.54, 1.807) is 11.3 Å². The van der Waals surface area contributed by atoms with Crippen LogP contribution in [0.4, 0.5) is 0 Å². The molecular formula is C17H16ClNOS. The third kappa shape index (κ3) is 2.63. The minimum Gasteiger partial charge on any atom is -0.333 e. The molecule has 0 radical (unpaired) electrons. The summed E-state index contributed by atoms with van der Waals surface area (Å²) in [5.41, 5.74) is 3.76. The summed E-state index contributed by atoms with van der Waals surface area (Å²) in [6.07, 6.45) is 1.38. The Balaban J connectivity index is 2.08. The first-order valence-corrected chi connectivity index (χ1v) is 8.04. The number of carbonyl (C=O) groups is 1. The maximum Gasteiger partial charge on any atom is 0.246 e. The Hall–Kier alpha value is -1.58. The smallest absolute Gasteiger partial charge is 0.246 e. The van der Waals surface area contributed by atoms with Gasteiger partial charge in [0, 0.05) is 17.3 Å². The summed E-state index contributed by atoms with van der Waals surface area (Å²) in [6.45, 7) is 7.01. The van der Waals surface area contributed by atoms with Gasteiger partial charge in [0.25, 0.3) is 0 Å². The number of rotatable bonds is 2. The normalized spacial score (nSPS) is 17.4. The number of benzene rings is 1. The minimum absolute atomic E-state index is 0.0243. The molecule has 108 valence electrons. The summed E-state index contributed by atoms with van der Waals surface area (Å²) in [5, 5.41) is 0. The quantitative estimate of drug-likeness (QED) is 0.753. The van der Waals surface area contributed by atoms with Crippen LogP contribution in [0.5, 0.6) is 0 Å². The molecule has 0 spiro atoms. The largest absolute Gasteiger partial charge is 0.333 e. The van der Waals surface area contributed by atoms with E-state index in [1.165, 1.54) is 27.6 Å². The number of hydrogen-bond acceptors (Lipinski definition) is 2. The molecule has 0 aliphatic carbocycles. The molecule has 0 N–H and O–H groups in total. The summed E-state index contributed by atoms with van der Waals surface area (Å²) in [5.74, 6) is 0.159. The van der Waals surface area contributed by atoms with Crippen molar-refractivity contribution < 1.29 is 4.79 Å². The lowest BCUT2D eigenvalue weighted by Crippen LogP contribution is -2.37. The van der Waals surface area contributed by atoms with Crippen LogP contribution in [0.3, 0.4) is 0 Å². The Morgan fingerprint density at radius 3 is 2.90 bits per heavy atom. The fraction of sp³-hybridized carbons (Fsp3) is 0.235. The van der Waals surface area contributed by atoms with E-state index in [1.807, 2.05) is 23.1 Å². The Bertz CT molecular complexity index is 707. The van der Waals surface area contributed by atoms with Gasteiger partial charge in [-0.2, -0.15) is 0 Å².